The lowest BCUT2D eigenvalue weighted by atomic mass is 10.1. The normalized spacial score (nSPS) is 11.3. The molecule has 1 amide bonds. The summed E-state index contributed by atoms with van der Waals surface area (Å²) in [4.78, 5) is 12.3. The number of aryl methyl sites for hydroxylation is 1. The average Bonchev–Trinajstić information content (AvgIpc) is 3.10. The number of nitrogens with zero attached hydrogens (tertiary/aromatic N) is 4. The number of anilines is 2. The van der Waals surface area contributed by atoms with Crippen molar-refractivity contribution in [1.82, 2.24) is 14.8 Å². The molecule has 8 nitrogen and oxygen atoms in total. The molecule has 0 aliphatic heterocycles. The van der Waals surface area contributed by atoms with Gasteiger partial charge >= 0.3 is 0 Å². The fraction of sp³-hybridized carbons (Fsp3) is 0.286. The highest BCUT2D eigenvalue weighted by Crippen LogP contribution is 2.22. The number of para-hydroxylation sites is 1. The van der Waals surface area contributed by atoms with Gasteiger partial charge in [0.1, 0.15) is 0 Å². The monoisotopic (exact) mass is 459 g/mol. The van der Waals surface area contributed by atoms with Crippen LogP contribution in [0.3, 0.4) is 0 Å². The van der Waals surface area contributed by atoms with Gasteiger partial charge in [-0.25, -0.2) is 8.42 Å². The van der Waals surface area contributed by atoms with Crippen molar-refractivity contribution in [3.05, 3.63) is 66.0 Å². The van der Waals surface area contributed by atoms with Crippen LogP contribution in [0.15, 0.2) is 59.8 Å². The fourth-order valence-electron chi connectivity index (χ4n) is 2.88. The third kappa shape index (κ3) is 6.08. The number of rotatable bonds is 9. The lowest BCUT2D eigenvalue weighted by molar-refractivity contribution is -0.113. The third-order valence-electron chi connectivity index (χ3n) is 4.63. The molecule has 0 aliphatic rings. The van der Waals surface area contributed by atoms with Gasteiger partial charge in [-0.15, -0.1) is 10.2 Å². The maximum atomic E-state index is 12.3. The molecule has 1 heterocycles. The molecule has 0 spiro atoms. The highest BCUT2D eigenvalue weighted by Gasteiger charge is 2.21. The molecule has 3 rings (SSSR count). The van der Waals surface area contributed by atoms with Crippen molar-refractivity contribution in [1.29, 1.82) is 0 Å². The minimum Gasteiger partial charge on any atom is -0.325 e. The second-order valence-electron chi connectivity index (χ2n) is 6.95. The molecule has 0 radical (unpaired) electrons. The van der Waals surface area contributed by atoms with E-state index in [4.69, 9.17) is 0 Å². The van der Waals surface area contributed by atoms with Crippen LogP contribution in [0.1, 0.15) is 18.3 Å². The molecule has 0 fully saturated rings. The van der Waals surface area contributed by atoms with E-state index in [0.29, 0.717) is 16.7 Å². The summed E-state index contributed by atoms with van der Waals surface area (Å²) in [7, 11) is -1.75. The van der Waals surface area contributed by atoms with E-state index in [2.05, 4.69) is 22.4 Å². The second-order valence-corrected chi connectivity index (χ2v) is 9.80. The number of amides is 1. The van der Waals surface area contributed by atoms with Crippen molar-refractivity contribution >= 4 is 39.1 Å². The number of hydrogen-bond acceptors (Lipinski definition) is 6. The van der Waals surface area contributed by atoms with E-state index in [0.717, 1.165) is 18.4 Å². The molecule has 164 valence electrons. The van der Waals surface area contributed by atoms with Crippen LogP contribution in [0.2, 0.25) is 0 Å². The Labute approximate surface area is 186 Å². The maximum absolute atomic E-state index is 12.3. The summed E-state index contributed by atoms with van der Waals surface area (Å²) in [5.41, 5.74) is 2.50. The van der Waals surface area contributed by atoms with E-state index in [-0.39, 0.29) is 18.2 Å². The van der Waals surface area contributed by atoms with Crippen LogP contribution in [-0.4, -0.2) is 41.1 Å². The minimum absolute atomic E-state index is 0.0445. The molecular formula is C21H25N5O3S2. The molecule has 31 heavy (non-hydrogen) atoms. The molecule has 0 aliphatic carbocycles. The Morgan fingerprint density at radius 3 is 2.39 bits per heavy atom. The first-order valence-corrected chi connectivity index (χ1v) is 12.5. The van der Waals surface area contributed by atoms with E-state index in [9.17, 15) is 13.2 Å². The largest absolute Gasteiger partial charge is 0.325 e. The van der Waals surface area contributed by atoms with Gasteiger partial charge in [0.15, 0.2) is 11.0 Å². The van der Waals surface area contributed by atoms with Crippen LogP contribution in [0.5, 0.6) is 0 Å². The van der Waals surface area contributed by atoms with Gasteiger partial charge in [-0.1, -0.05) is 49.0 Å². The maximum Gasteiger partial charge on any atom is 0.234 e. The molecule has 0 unspecified atom stereocenters. The standard InChI is InChI=1S/C21H25N5O3S2/c1-4-16-10-12-17(13-11-16)22-20(27)15-30-21-24-23-19(25(21)2)14-26(31(3,28)29)18-8-6-5-7-9-18/h5-13H,4,14-15H2,1-3H3,(H,22,27). The first-order chi connectivity index (χ1) is 14.8. The quantitative estimate of drug-likeness (QED) is 0.494. The Morgan fingerprint density at radius 1 is 1.10 bits per heavy atom. The number of thioether (sulfide) groups is 1. The number of carbonyl (C=O) groups is 1. The van der Waals surface area contributed by atoms with Crippen LogP contribution in [-0.2, 0) is 34.8 Å². The van der Waals surface area contributed by atoms with Gasteiger partial charge in [-0.05, 0) is 36.2 Å². The van der Waals surface area contributed by atoms with Gasteiger partial charge in [0, 0.05) is 12.7 Å². The van der Waals surface area contributed by atoms with Crippen LogP contribution in [0.4, 0.5) is 11.4 Å². The predicted octanol–water partition coefficient (Wildman–Crippen LogP) is 3.07. The molecule has 0 saturated carbocycles. The van der Waals surface area contributed by atoms with E-state index < -0.39 is 10.0 Å². The summed E-state index contributed by atoms with van der Waals surface area (Å²) in [6, 6.07) is 16.6. The molecule has 0 saturated heterocycles. The summed E-state index contributed by atoms with van der Waals surface area (Å²) < 4.78 is 27.6. The van der Waals surface area contributed by atoms with Crippen LogP contribution in [0.25, 0.3) is 0 Å². The fourth-order valence-corrected chi connectivity index (χ4v) is 4.47. The summed E-state index contributed by atoms with van der Waals surface area (Å²) in [6.45, 7) is 2.12. The third-order valence-corrected chi connectivity index (χ3v) is 6.79. The van der Waals surface area contributed by atoms with Crippen molar-refractivity contribution in [3.8, 4) is 0 Å². The van der Waals surface area contributed by atoms with Crippen LogP contribution < -0.4 is 9.62 Å². The first-order valence-electron chi connectivity index (χ1n) is 9.70. The molecule has 0 atom stereocenters. The van der Waals surface area contributed by atoms with Crippen molar-refractivity contribution in [2.45, 2.75) is 25.0 Å². The van der Waals surface area contributed by atoms with Crippen molar-refractivity contribution < 1.29 is 13.2 Å². The Balaban J connectivity index is 1.64. The molecular weight excluding hydrogens is 434 g/mol. The zero-order valence-corrected chi connectivity index (χ0v) is 19.3. The van der Waals surface area contributed by atoms with Gasteiger partial charge in [-0.2, -0.15) is 0 Å². The van der Waals surface area contributed by atoms with Crippen molar-refractivity contribution in [2.75, 3.05) is 21.6 Å². The number of hydrogen-bond donors (Lipinski definition) is 1. The first kappa shape index (κ1) is 22.8. The van der Waals surface area contributed by atoms with Crippen LogP contribution >= 0.6 is 11.8 Å². The van der Waals surface area contributed by atoms with Gasteiger partial charge in [-0.3, -0.25) is 9.10 Å². The lowest BCUT2D eigenvalue weighted by Gasteiger charge is -2.21. The molecule has 3 aromatic rings. The molecule has 1 aromatic heterocycles. The number of aromatic nitrogens is 3. The number of nitrogens with one attached hydrogen (secondary N) is 1. The SMILES string of the molecule is CCc1ccc(NC(=O)CSc2nnc(CN(c3ccccc3)S(C)(=O)=O)n2C)cc1. The highest BCUT2D eigenvalue weighted by molar-refractivity contribution is 7.99. The number of carbonyl (C=O) groups excluding carboxylic acids is 1. The number of sulfonamides is 1. The smallest absolute Gasteiger partial charge is 0.234 e. The highest BCUT2D eigenvalue weighted by atomic mass is 32.2. The Morgan fingerprint density at radius 2 is 1.77 bits per heavy atom. The van der Waals surface area contributed by atoms with E-state index in [1.165, 1.54) is 21.6 Å². The summed E-state index contributed by atoms with van der Waals surface area (Å²) in [5, 5.41) is 11.6. The summed E-state index contributed by atoms with van der Waals surface area (Å²) in [5.74, 6) is 0.490. The Kier molecular flexibility index (Phi) is 7.34. The molecule has 2 aromatic carbocycles. The van der Waals surface area contributed by atoms with E-state index >= 15 is 0 Å². The predicted molar refractivity (Wildman–Crippen MR) is 124 cm³/mol. The zero-order valence-electron chi connectivity index (χ0n) is 17.6. The van der Waals surface area contributed by atoms with Gasteiger partial charge in [0.2, 0.25) is 15.9 Å². The zero-order chi connectivity index (χ0) is 22.4. The Bertz CT molecular complexity index is 1130. The minimum atomic E-state index is -3.51. The van der Waals surface area contributed by atoms with Crippen molar-refractivity contribution in [3.63, 3.8) is 0 Å². The molecule has 0 bridgehead atoms. The van der Waals surface area contributed by atoms with Crippen LogP contribution in [0, 0.1) is 0 Å². The van der Waals surface area contributed by atoms with Gasteiger partial charge < -0.3 is 9.88 Å². The Hall–Kier alpha value is -2.85. The van der Waals surface area contributed by atoms with Gasteiger partial charge in [0.05, 0.1) is 24.2 Å². The lowest BCUT2D eigenvalue weighted by Crippen LogP contribution is -2.30. The summed E-state index contributed by atoms with van der Waals surface area (Å²) >= 11 is 1.24. The number of benzene rings is 2. The van der Waals surface area contributed by atoms with E-state index in [1.54, 1.807) is 35.9 Å². The molecule has 10 heteroatoms. The second kappa shape index (κ2) is 9.97. The molecule has 1 N–H and O–H groups in total. The van der Waals surface area contributed by atoms with Crippen molar-refractivity contribution in [2.24, 2.45) is 7.05 Å². The summed E-state index contributed by atoms with van der Waals surface area (Å²) in [6.07, 6.45) is 2.10. The van der Waals surface area contributed by atoms with Gasteiger partial charge in [0.25, 0.3) is 0 Å². The topological polar surface area (TPSA) is 97.2 Å². The average molecular weight is 460 g/mol. The van der Waals surface area contributed by atoms with E-state index in [1.807, 2.05) is 30.3 Å².